The van der Waals surface area contributed by atoms with Crippen LogP contribution in [-0.2, 0) is 6.54 Å². The van der Waals surface area contributed by atoms with Crippen molar-refractivity contribution in [1.82, 2.24) is 9.80 Å². The summed E-state index contributed by atoms with van der Waals surface area (Å²) in [6, 6.07) is 8.43. The van der Waals surface area contributed by atoms with Crippen LogP contribution in [0, 0.1) is 0 Å². The topological polar surface area (TPSA) is 23.6 Å². The Morgan fingerprint density at radius 3 is 2.59 bits per heavy atom. The average molecular weight is 230 g/mol. The summed E-state index contributed by atoms with van der Waals surface area (Å²) >= 11 is 0. The third-order valence-corrected chi connectivity index (χ3v) is 3.98. The van der Waals surface area contributed by atoms with Gasteiger partial charge < -0.3 is 9.80 Å². The lowest BCUT2D eigenvalue weighted by Gasteiger charge is -2.34. The van der Waals surface area contributed by atoms with Crippen LogP contribution in [0.25, 0.3) is 0 Å². The fraction of sp³-hybridized carbons (Fsp3) is 0.500. The van der Waals surface area contributed by atoms with Gasteiger partial charge in [-0.2, -0.15) is 0 Å². The SMILES string of the molecule is CN1CCC(N2Cc3ccccc3C2=O)CC1. The molecule has 0 N–H and O–H groups in total. The number of carbonyl (C=O) groups excluding carboxylic acids is 1. The summed E-state index contributed by atoms with van der Waals surface area (Å²) in [6.07, 6.45) is 2.21. The molecule has 1 saturated heterocycles. The van der Waals surface area contributed by atoms with Gasteiger partial charge in [-0.05, 0) is 44.6 Å². The molecule has 0 aliphatic carbocycles. The Bertz CT molecular complexity index is 436. The van der Waals surface area contributed by atoms with E-state index in [1.165, 1.54) is 5.56 Å². The number of rotatable bonds is 1. The van der Waals surface area contributed by atoms with Crippen LogP contribution < -0.4 is 0 Å². The van der Waals surface area contributed by atoms with E-state index in [-0.39, 0.29) is 5.91 Å². The third kappa shape index (κ3) is 1.84. The van der Waals surface area contributed by atoms with Crippen molar-refractivity contribution in [3.8, 4) is 0 Å². The molecule has 1 aromatic rings. The molecule has 90 valence electrons. The van der Waals surface area contributed by atoms with Gasteiger partial charge in [0.2, 0.25) is 0 Å². The molecule has 3 rings (SSSR count). The Balaban J connectivity index is 1.78. The molecule has 0 saturated carbocycles. The highest BCUT2D eigenvalue weighted by Crippen LogP contribution is 2.27. The Hall–Kier alpha value is -1.35. The second kappa shape index (κ2) is 4.15. The lowest BCUT2D eigenvalue weighted by atomic mass is 10.0. The molecule has 0 unspecified atom stereocenters. The summed E-state index contributed by atoms with van der Waals surface area (Å²) < 4.78 is 0. The predicted molar refractivity (Wildman–Crippen MR) is 66.8 cm³/mol. The molecule has 1 fully saturated rings. The van der Waals surface area contributed by atoms with Gasteiger partial charge >= 0.3 is 0 Å². The van der Waals surface area contributed by atoms with Crippen LogP contribution in [0.1, 0.15) is 28.8 Å². The number of nitrogens with zero attached hydrogens (tertiary/aromatic N) is 2. The molecule has 0 bridgehead atoms. The van der Waals surface area contributed by atoms with Gasteiger partial charge in [-0.15, -0.1) is 0 Å². The maximum Gasteiger partial charge on any atom is 0.254 e. The van der Waals surface area contributed by atoms with E-state index < -0.39 is 0 Å². The Labute approximate surface area is 102 Å². The Kier molecular flexibility index (Phi) is 2.63. The van der Waals surface area contributed by atoms with Gasteiger partial charge in [0.15, 0.2) is 0 Å². The third-order valence-electron chi connectivity index (χ3n) is 3.98. The number of piperidine rings is 1. The lowest BCUT2D eigenvalue weighted by Crippen LogP contribution is -2.43. The van der Waals surface area contributed by atoms with Gasteiger partial charge in [-0.25, -0.2) is 0 Å². The minimum absolute atomic E-state index is 0.232. The van der Waals surface area contributed by atoms with Gasteiger partial charge in [0.05, 0.1) is 0 Å². The molecule has 17 heavy (non-hydrogen) atoms. The van der Waals surface area contributed by atoms with Crippen molar-refractivity contribution in [3.63, 3.8) is 0 Å². The van der Waals surface area contributed by atoms with E-state index in [9.17, 15) is 4.79 Å². The van der Waals surface area contributed by atoms with Crippen molar-refractivity contribution in [1.29, 1.82) is 0 Å². The van der Waals surface area contributed by atoms with E-state index in [1.54, 1.807) is 0 Å². The van der Waals surface area contributed by atoms with Crippen LogP contribution >= 0.6 is 0 Å². The zero-order valence-corrected chi connectivity index (χ0v) is 10.2. The van der Waals surface area contributed by atoms with E-state index in [1.807, 2.05) is 18.2 Å². The average Bonchev–Trinajstić information content (AvgIpc) is 2.69. The number of hydrogen-bond donors (Lipinski definition) is 0. The number of benzene rings is 1. The molecule has 2 aliphatic rings. The first kappa shape index (κ1) is 10.8. The molecule has 2 aliphatic heterocycles. The number of amides is 1. The zero-order chi connectivity index (χ0) is 11.8. The summed E-state index contributed by atoms with van der Waals surface area (Å²) in [5.74, 6) is 0.232. The molecule has 0 aromatic heterocycles. The van der Waals surface area contributed by atoms with Crippen molar-refractivity contribution >= 4 is 5.91 Å². The predicted octanol–water partition coefficient (Wildman–Crippen LogP) is 1.74. The Morgan fingerprint density at radius 1 is 1.18 bits per heavy atom. The molecular formula is C14H18N2O. The monoisotopic (exact) mass is 230 g/mol. The summed E-state index contributed by atoms with van der Waals surface area (Å²) in [6.45, 7) is 3.01. The molecule has 1 aromatic carbocycles. The zero-order valence-electron chi connectivity index (χ0n) is 10.2. The number of carbonyl (C=O) groups is 1. The normalized spacial score (nSPS) is 21.9. The fourth-order valence-corrected chi connectivity index (χ4v) is 2.88. The minimum atomic E-state index is 0.232. The first-order chi connectivity index (χ1) is 8.25. The van der Waals surface area contributed by atoms with Crippen LogP contribution in [0.2, 0.25) is 0 Å². The van der Waals surface area contributed by atoms with E-state index in [4.69, 9.17) is 0 Å². The first-order valence-corrected chi connectivity index (χ1v) is 6.33. The van der Waals surface area contributed by atoms with Crippen molar-refractivity contribution in [2.24, 2.45) is 0 Å². The smallest absolute Gasteiger partial charge is 0.254 e. The van der Waals surface area contributed by atoms with Crippen LogP contribution in [0.5, 0.6) is 0 Å². The molecule has 3 nitrogen and oxygen atoms in total. The quantitative estimate of drug-likeness (QED) is 0.733. The van der Waals surface area contributed by atoms with E-state index in [0.717, 1.165) is 38.0 Å². The van der Waals surface area contributed by atoms with Gasteiger partial charge in [0.25, 0.3) is 5.91 Å². The fourth-order valence-electron chi connectivity index (χ4n) is 2.88. The van der Waals surface area contributed by atoms with Gasteiger partial charge in [-0.1, -0.05) is 18.2 Å². The summed E-state index contributed by atoms with van der Waals surface area (Å²) in [5.41, 5.74) is 2.10. The maximum atomic E-state index is 12.3. The molecule has 1 amide bonds. The second-order valence-corrected chi connectivity index (χ2v) is 5.12. The Morgan fingerprint density at radius 2 is 1.88 bits per heavy atom. The standard InChI is InChI=1S/C14H18N2O/c1-15-8-6-12(7-9-15)16-10-11-4-2-3-5-13(11)14(16)17/h2-5,12H,6-10H2,1H3. The van der Waals surface area contributed by atoms with Crippen LogP contribution in [-0.4, -0.2) is 41.9 Å². The highest BCUT2D eigenvalue weighted by Gasteiger charge is 2.33. The number of hydrogen-bond acceptors (Lipinski definition) is 2. The second-order valence-electron chi connectivity index (χ2n) is 5.12. The molecule has 0 atom stereocenters. The van der Waals surface area contributed by atoms with Gasteiger partial charge in [0, 0.05) is 18.2 Å². The largest absolute Gasteiger partial charge is 0.331 e. The summed E-state index contributed by atoms with van der Waals surface area (Å²) in [4.78, 5) is 16.7. The van der Waals surface area contributed by atoms with E-state index >= 15 is 0 Å². The molecule has 3 heteroatoms. The van der Waals surface area contributed by atoms with Crippen molar-refractivity contribution in [2.45, 2.75) is 25.4 Å². The summed E-state index contributed by atoms with van der Waals surface area (Å²) in [7, 11) is 2.15. The highest BCUT2D eigenvalue weighted by molar-refractivity contribution is 5.98. The highest BCUT2D eigenvalue weighted by atomic mass is 16.2. The summed E-state index contributed by atoms with van der Waals surface area (Å²) in [5, 5.41) is 0. The molecule has 0 radical (unpaired) electrons. The molecule has 0 spiro atoms. The molecular weight excluding hydrogens is 212 g/mol. The van der Waals surface area contributed by atoms with E-state index in [2.05, 4.69) is 22.9 Å². The van der Waals surface area contributed by atoms with Gasteiger partial charge in [-0.3, -0.25) is 4.79 Å². The number of fused-ring (bicyclic) bond motifs is 1. The minimum Gasteiger partial charge on any atom is -0.331 e. The van der Waals surface area contributed by atoms with Crippen molar-refractivity contribution < 1.29 is 4.79 Å². The first-order valence-electron chi connectivity index (χ1n) is 6.33. The maximum absolute atomic E-state index is 12.3. The van der Waals surface area contributed by atoms with E-state index in [0.29, 0.717) is 6.04 Å². The molecule has 2 heterocycles. The lowest BCUT2D eigenvalue weighted by molar-refractivity contribution is 0.0617. The van der Waals surface area contributed by atoms with Crippen molar-refractivity contribution in [2.75, 3.05) is 20.1 Å². The van der Waals surface area contributed by atoms with Crippen LogP contribution in [0.4, 0.5) is 0 Å². The van der Waals surface area contributed by atoms with Gasteiger partial charge in [0.1, 0.15) is 0 Å². The van der Waals surface area contributed by atoms with Crippen LogP contribution in [0.3, 0.4) is 0 Å². The van der Waals surface area contributed by atoms with Crippen LogP contribution in [0.15, 0.2) is 24.3 Å². The van der Waals surface area contributed by atoms with Crippen molar-refractivity contribution in [3.05, 3.63) is 35.4 Å². The number of likely N-dealkylation sites (tertiary alicyclic amines) is 1.